The molecule has 0 aliphatic carbocycles. The fraction of sp³-hybridized carbons (Fsp3) is 0.111. The third kappa shape index (κ3) is 2.04. The van der Waals surface area contributed by atoms with Crippen LogP contribution in [-0.4, -0.2) is 31.7 Å². The van der Waals surface area contributed by atoms with Crippen LogP contribution in [-0.2, 0) is 9.59 Å². The molecule has 3 heterocycles. The van der Waals surface area contributed by atoms with Gasteiger partial charge in [-0.15, -0.1) is 16.9 Å². The molecule has 1 amide bonds. The maximum Gasteiger partial charge on any atom is 1.00 e. The second kappa shape index (κ2) is 5.14. The Morgan fingerprint density at radius 1 is 1.56 bits per heavy atom. The zero-order valence-corrected chi connectivity index (χ0v) is 12.8. The SMILES string of the molecule is O=C([O-])C1=CS[C@@H]2/C(=C/c3csnn3)C(=O)N12.[Na+]. The van der Waals surface area contributed by atoms with Crippen molar-refractivity contribution in [2.75, 3.05) is 0 Å². The van der Waals surface area contributed by atoms with Crippen molar-refractivity contribution >= 4 is 41.2 Å². The zero-order chi connectivity index (χ0) is 12.0. The number of amides is 1. The summed E-state index contributed by atoms with van der Waals surface area (Å²) in [7, 11) is 0. The van der Waals surface area contributed by atoms with E-state index in [2.05, 4.69) is 9.59 Å². The monoisotopic (exact) mass is 289 g/mol. The Morgan fingerprint density at radius 2 is 2.33 bits per heavy atom. The van der Waals surface area contributed by atoms with E-state index in [9.17, 15) is 14.7 Å². The van der Waals surface area contributed by atoms with Crippen LogP contribution in [0.25, 0.3) is 6.08 Å². The topological polar surface area (TPSA) is 86.2 Å². The molecule has 18 heavy (non-hydrogen) atoms. The maximum atomic E-state index is 11.8. The van der Waals surface area contributed by atoms with Crippen molar-refractivity contribution in [1.82, 2.24) is 14.5 Å². The Bertz CT molecular complexity index is 570. The minimum atomic E-state index is -1.33. The van der Waals surface area contributed by atoms with Crippen molar-refractivity contribution in [2.24, 2.45) is 0 Å². The van der Waals surface area contributed by atoms with Crippen molar-refractivity contribution in [3.05, 3.63) is 27.8 Å². The van der Waals surface area contributed by atoms with Gasteiger partial charge >= 0.3 is 29.6 Å². The number of carboxylic acid groups (broad SMARTS) is 1. The van der Waals surface area contributed by atoms with E-state index < -0.39 is 5.97 Å². The average Bonchev–Trinajstić information content (AvgIpc) is 2.93. The molecule has 1 fully saturated rings. The van der Waals surface area contributed by atoms with Gasteiger partial charge < -0.3 is 9.90 Å². The Labute approximate surface area is 132 Å². The van der Waals surface area contributed by atoms with E-state index in [1.807, 2.05) is 0 Å². The van der Waals surface area contributed by atoms with Crippen LogP contribution in [0, 0.1) is 0 Å². The van der Waals surface area contributed by atoms with Crippen molar-refractivity contribution in [2.45, 2.75) is 5.37 Å². The number of aliphatic carboxylic acids is 1. The van der Waals surface area contributed by atoms with Crippen LogP contribution in [0.3, 0.4) is 0 Å². The molecule has 1 aromatic heterocycles. The summed E-state index contributed by atoms with van der Waals surface area (Å²) < 4.78 is 3.69. The summed E-state index contributed by atoms with van der Waals surface area (Å²) in [6.07, 6.45) is 1.63. The Balaban J connectivity index is 0.00000120. The van der Waals surface area contributed by atoms with Gasteiger partial charge in [-0.3, -0.25) is 9.69 Å². The number of carboxylic acids is 1. The van der Waals surface area contributed by atoms with Crippen LogP contribution < -0.4 is 34.7 Å². The first kappa shape index (κ1) is 13.8. The van der Waals surface area contributed by atoms with E-state index in [1.165, 1.54) is 33.6 Å². The minimum Gasteiger partial charge on any atom is -0.543 e. The van der Waals surface area contributed by atoms with Gasteiger partial charge in [0.05, 0.1) is 22.9 Å². The molecular formula is C9H4N3NaO3S2. The van der Waals surface area contributed by atoms with Gasteiger partial charge in [-0.2, -0.15) is 0 Å². The van der Waals surface area contributed by atoms with E-state index in [4.69, 9.17) is 0 Å². The van der Waals surface area contributed by atoms with Crippen LogP contribution in [0.15, 0.2) is 22.1 Å². The van der Waals surface area contributed by atoms with E-state index >= 15 is 0 Å². The molecule has 0 unspecified atom stereocenters. The summed E-state index contributed by atoms with van der Waals surface area (Å²) in [4.78, 5) is 23.7. The minimum absolute atomic E-state index is 0. The Morgan fingerprint density at radius 3 is 2.94 bits per heavy atom. The number of carbonyl (C=O) groups is 2. The molecule has 9 heteroatoms. The van der Waals surface area contributed by atoms with Gasteiger partial charge in [0.2, 0.25) is 0 Å². The number of thioether (sulfide) groups is 1. The third-order valence-electron chi connectivity index (χ3n) is 2.42. The molecular weight excluding hydrogens is 285 g/mol. The normalized spacial score (nSPS) is 23.2. The molecule has 0 N–H and O–H groups in total. The van der Waals surface area contributed by atoms with E-state index in [1.54, 1.807) is 11.5 Å². The fourth-order valence-corrected chi connectivity index (χ4v) is 3.18. The molecule has 1 aromatic rings. The van der Waals surface area contributed by atoms with Gasteiger partial charge in [0.1, 0.15) is 5.37 Å². The first-order valence-corrected chi connectivity index (χ1v) is 6.35. The largest absolute Gasteiger partial charge is 1.00 e. The number of hydrogen-bond donors (Lipinski definition) is 0. The first-order chi connectivity index (χ1) is 8.18. The van der Waals surface area contributed by atoms with Gasteiger partial charge in [0.25, 0.3) is 5.91 Å². The van der Waals surface area contributed by atoms with Crippen molar-refractivity contribution in [1.29, 1.82) is 0 Å². The second-order valence-electron chi connectivity index (χ2n) is 3.38. The number of β-lactam (4-membered cyclic amide) rings is 1. The molecule has 6 nitrogen and oxygen atoms in total. The number of hydrogen-bond acceptors (Lipinski definition) is 7. The van der Waals surface area contributed by atoms with E-state index in [0.29, 0.717) is 11.3 Å². The van der Waals surface area contributed by atoms with Crippen molar-refractivity contribution < 1.29 is 44.3 Å². The summed E-state index contributed by atoms with van der Waals surface area (Å²) in [5.41, 5.74) is 1.08. The molecule has 0 radical (unpaired) electrons. The van der Waals surface area contributed by atoms with Crippen molar-refractivity contribution in [3.8, 4) is 0 Å². The standard InChI is InChI=1S/C9H5N3O3S2.Na/c13-7-5(1-4-2-17-11-10-4)8-12(7)6(3-16-8)9(14)15;/h1-3,8H,(H,14,15);/q;+1/p-1/b5-1+;/t8-;/m1./s1. The predicted molar refractivity (Wildman–Crippen MR) is 59.2 cm³/mol. The van der Waals surface area contributed by atoms with Crippen LogP contribution in [0.2, 0.25) is 0 Å². The summed E-state index contributed by atoms with van der Waals surface area (Å²) in [6, 6.07) is 0. The number of carbonyl (C=O) groups excluding carboxylic acids is 2. The van der Waals surface area contributed by atoms with Crippen LogP contribution in [0.4, 0.5) is 0 Å². The van der Waals surface area contributed by atoms with Crippen LogP contribution in [0.1, 0.15) is 5.69 Å². The summed E-state index contributed by atoms with van der Waals surface area (Å²) >= 11 is 2.46. The number of rotatable bonds is 2. The van der Waals surface area contributed by atoms with Gasteiger partial charge in [0.15, 0.2) is 0 Å². The van der Waals surface area contributed by atoms with E-state index in [-0.39, 0.29) is 46.5 Å². The molecule has 1 atom stereocenters. The zero-order valence-electron chi connectivity index (χ0n) is 9.19. The van der Waals surface area contributed by atoms with Gasteiger partial charge in [-0.25, -0.2) is 0 Å². The average molecular weight is 289 g/mol. The van der Waals surface area contributed by atoms with Crippen LogP contribution in [0.5, 0.6) is 0 Å². The third-order valence-corrected chi connectivity index (χ3v) is 4.03. The first-order valence-electron chi connectivity index (χ1n) is 4.57. The van der Waals surface area contributed by atoms with Gasteiger partial charge in [-0.1, -0.05) is 4.49 Å². The number of nitrogens with zero attached hydrogens (tertiary/aromatic N) is 3. The molecule has 2 aliphatic rings. The van der Waals surface area contributed by atoms with Crippen molar-refractivity contribution in [3.63, 3.8) is 0 Å². The molecule has 86 valence electrons. The number of aromatic nitrogens is 2. The predicted octanol–water partition coefficient (Wildman–Crippen LogP) is -3.57. The summed E-state index contributed by atoms with van der Waals surface area (Å²) in [6.45, 7) is 0. The smallest absolute Gasteiger partial charge is 0.543 e. The molecule has 0 saturated carbocycles. The maximum absolute atomic E-state index is 11.8. The van der Waals surface area contributed by atoms with Gasteiger partial charge in [-0.05, 0) is 23.0 Å². The Hall–Kier alpha value is -0.670. The summed E-state index contributed by atoms with van der Waals surface area (Å²) in [5.74, 6) is -1.65. The molecule has 0 bridgehead atoms. The second-order valence-corrected chi connectivity index (χ2v) is 4.95. The quantitative estimate of drug-likeness (QED) is 0.318. The Kier molecular flexibility index (Phi) is 3.93. The van der Waals surface area contributed by atoms with Crippen LogP contribution >= 0.6 is 23.3 Å². The molecule has 1 saturated heterocycles. The molecule has 3 rings (SSSR count). The molecule has 0 aromatic carbocycles. The fourth-order valence-electron chi connectivity index (χ4n) is 1.65. The number of fused-ring (bicyclic) bond motifs is 1. The van der Waals surface area contributed by atoms with Gasteiger partial charge in [0, 0.05) is 5.38 Å². The molecule has 2 aliphatic heterocycles. The summed E-state index contributed by atoms with van der Waals surface area (Å²) in [5, 5.41) is 17.4. The molecule has 0 spiro atoms. The van der Waals surface area contributed by atoms with E-state index in [0.717, 1.165) is 0 Å².